The molecule has 1 aromatic heterocycles. The fourth-order valence-corrected chi connectivity index (χ4v) is 2.18. The summed E-state index contributed by atoms with van der Waals surface area (Å²) in [5, 5.41) is 9.22. The maximum absolute atomic E-state index is 11.2. The second-order valence-corrected chi connectivity index (χ2v) is 6.15. The van der Waals surface area contributed by atoms with Gasteiger partial charge in [0.05, 0.1) is 5.56 Å². The molecule has 2 rings (SSSR count). The van der Waals surface area contributed by atoms with E-state index in [4.69, 9.17) is 5.73 Å². The summed E-state index contributed by atoms with van der Waals surface area (Å²) in [6.07, 6.45) is 0.920. The molecule has 0 amide bonds. The smallest absolute Gasteiger partial charge is 0.335 e. The zero-order valence-electron chi connectivity index (χ0n) is 11.7. The number of hydrogen-bond acceptors (Lipinski definition) is 4. The van der Waals surface area contributed by atoms with Crippen molar-refractivity contribution in [2.24, 2.45) is 5.73 Å². The van der Waals surface area contributed by atoms with Crippen LogP contribution >= 0.6 is 0 Å². The molecule has 5 heteroatoms. The van der Waals surface area contributed by atoms with Gasteiger partial charge < -0.3 is 15.7 Å². The van der Waals surface area contributed by atoms with Gasteiger partial charge in [-0.1, -0.05) is 20.8 Å². The van der Waals surface area contributed by atoms with Gasteiger partial charge in [0.2, 0.25) is 0 Å². The van der Waals surface area contributed by atoms with Crippen molar-refractivity contribution < 1.29 is 9.90 Å². The number of carboxylic acids is 1. The molecular weight excluding hydrogens is 242 g/mol. The number of anilines is 1. The molecule has 0 spiro atoms. The molecule has 1 unspecified atom stereocenters. The number of carbonyl (C=O) groups is 1. The van der Waals surface area contributed by atoms with Crippen LogP contribution in [0.3, 0.4) is 0 Å². The summed E-state index contributed by atoms with van der Waals surface area (Å²) in [7, 11) is 0. The van der Waals surface area contributed by atoms with Crippen molar-refractivity contribution in [1.29, 1.82) is 0 Å². The highest BCUT2D eigenvalue weighted by Gasteiger charge is 2.24. The van der Waals surface area contributed by atoms with Gasteiger partial charge in [0.25, 0.3) is 0 Å². The average molecular weight is 263 g/mol. The van der Waals surface area contributed by atoms with Crippen molar-refractivity contribution in [3.63, 3.8) is 0 Å². The summed E-state index contributed by atoms with van der Waals surface area (Å²) in [5.41, 5.74) is 6.80. The van der Waals surface area contributed by atoms with Gasteiger partial charge in [-0.3, -0.25) is 0 Å². The average Bonchev–Trinajstić information content (AvgIpc) is 2.74. The predicted octanol–water partition coefficient (Wildman–Crippen LogP) is 1.61. The number of nitrogens with zero attached hydrogens (tertiary/aromatic N) is 2. The SMILES string of the molecule is CC(C)(C)c1cc(C(=O)O)cc(N2CCC(N)C2)n1. The van der Waals surface area contributed by atoms with Gasteiger partial charge in [0.1, 0.15) is 5.82 Å². The normalized spacial score (nSPS) is 19.8. The molecule has 1 aromatic rings. The molecule has 0 bridgehead atoms. The third kappa shape index (κ3) is 3.04. The highest BCUT2D eigenvalue weighted by atomic mass is 16.4. The Morgan fingerprint density at radius 3 is 2.63 bits per heavy atom. The van der Waals surface area contributed by atoms with Crippen molar-refractivity contribution in [2.45, 2.75) is 38.6 Å². The quantitative estimate of drug-likeness (QED) is 0.847. The Bertz CT molecular complexity index is 494. The Kier molecular flexibility index (Phi) is 3.49. The number of aromatic carboxylic acids is 1. The summed E-state index contributed by atoms with van der Waals surface area (Å²) in [6.45, 7) is 7.65. The lowest BCUT2D eigenvalue weighted by atomic mass is 9.90. The van der Waals surface area contributed by atoms with Gasteiger partial charge in [-0.05, 0) is 18.6 Å². The number of nitrogens with two attached hydrogens (primary N) is 1. The van der Waals surface area contributed by atoms with E-state index in [1.54, 1.807) is 12.1 Å². The number of carboxylic acid groups (broad SMARTS) is 1. The predicted molar refractivity (Wildman–Crippen MR) is 74.7 cm³/mol. The molecule has 1 aliphatic heterocycles. The second-order valence-electron chi connectivity index (χ2n) is 6.15. The fraction of sp³-hybridized carbons (Fsp3) is 0.571. The van der Waals surface area contributed by atoms with E-state index in [1.165, 1.54) is 0 Å². The fourth-order valence-electron chi connectivity index (χ4n) is 2.18. The Balaban J connectivity index is 2.43. The van der Waals surface area contributed by atoms with Crippen LogP contribution in [0.15, 0.2) is 12.1 Å². The molecule has 1 saturated heterocycles. The van der Waals surface area contributed by atoms with Crippen molar-refractivity contribution in [1.82, 2.24) is 4.98 Å². The summed E-state index contributed by atoms with van der Waals surface area (Å²) in [4.78, 5) is 17.9. The first kappa shape index (κ1) is 13.8. The minimum absolute atomic E-state index is 0.147. The van der Waals surface area contributed by atoms with Crippen LogP contribution in [-0.4, -0.2) is 35.2 Å². The largest absolute Gasteiger partial charge is 0.478 e. The van der Waals surface area contributed by atoms with E-state index in [0.717, 1.165) is 31.0 Å². The van der Waals surface area contributed by atoms with Crippen LogP contribution in [-0.2, 0) is 5.41 Å². The first-order valence-corrected chi connectivity index (χ1v) is 6.54. The Hall–Kier alpha value is -1.62. The van der Waals surface area contributed by atoms with E-state index in [-0.39, 0.29) is 17.0 Å². The molecule has 0 aliphatic carbocycles. The van der Waals surface area contributed by atoms with Crippen molar-refractivity contribution in [3.8, 4) is 0 Å². The molecule has 0 saturated carbocycles. The van der Waals surface area contributed by atoms with Gasteiger partial charge in [0, 0.05) is 30.2 Å². The minimum Gasteiger partial charge on any atom is -0.478 e. The summed E-state index contributed by atoms with van der Waals surface area (Å²) in [5.74, 6) is -0.199. The topological polar surface area (TPSA) is 79.5 Å². The second kappa shape index (κ2) is 4.81. The molecule has 2 heterocycles. The van der Waals surface area contributed by atoms with E-state index < -0.39 is 5.97 Å². The number of hydrogen-bond donors (Lipinski definition) is 2. The maximum Gasteiger partial charge on any atom is 0.335 e. The van der Waals surface area contributed by atoms with Crippen LogP contribution in [0.5, 0.6) is 0 Å². The molecule has 104 valence electrons. The molecule has 0 aromatic carbocycles. The zero-order chi connectivity index (χ0) is 14.2. The van der Waals surface area contributed by atoms with Gasteiger partial charge >= 0.3 is 5.97 Å². The lowest BCUT2D eigenvalue weighted by Gasteiger charge is -2.23. The van der Waals surface area contributed by atoms with E-state index in [9.17, 15) is 9.90 Å². The van der Waals surface area contributed by atoms with Crippen molar-refractivity contribution in [2.75, 3.05) is 18.0 Å². The van der Waals surface area contributed by atoms with E-state index >= 15 is 0 Å². The summed E-state index contributed by atoms with van der Waals surface area (Å²) in [6, 6.07) is 3.44. The van der Waals surface area contributed by atoms with Gasteiger partial charge in [0.15, 0.2) is 0 Å². The Morgan fingerprint density at radius 1 is 1.47 bits per heavy atom. The van der Waals surface area contributed by atoms with Crippen LogP contribution in [0.4, 0.5) is 5.82 Å². The van der Waals surface area contributed by atoms with Gasteiger partial charge in [-0.15, -0.1) is 0 Å². The van der Waals surface area contributed by atoms with Gasteiger partial charge in [-0.2, -0.15) is 0 Å². The first-order valence-electron chi connectivity index (χ1n) is 6.54. The third-order valence-electron chi connectivity index (χ3n) is 3.38. The Labute approximate surface area is 113 Å². The Morgan fingerprint density at radius 2 is 2.16 bits per heavy atom. The van der Waals surface area contributed by atoms with Gasteiger partial charge in [-0.25, -0.2) is 9.78 Å². The standard InChI is InChI=1S/C14H21N3O2/c1-14(2,3)11-6-9(13(18)19)7-12(16-11)17-5-4-10(15)8-17/h6-7,10H,4-5,8,15H2,1-3H3,(H,18,19). The first-order chi connectivity index (χ1) is 8.77. The zero-order valence-corrected chi connectivity index (χ0v) is 11.7. The lowest BCUT2D eigenvalue weighted by Crippen LogP contribution is -2.28. The molecule has 3 N–H and O–H groups in total. The summed E-state index contributed by atoms with van der Waals surface area (Å²) < 4.78 is 0. The molecule has 19 heavy (non-hydrogen) atoms. The number of aromatic nitrogens is 1. The van der Waals surface area contributed by atoms with Crippen molar-refractivity contribution >= 4 is 11.8 Å². The van der Waals surface area contributed by atoms with Crippen LogP contribution < -0.4 is 10.6 Å². The van der Waals surface area contributed by atoms with Crippen molar-refractivity contribution in [3.05, 3.63) is 23.4 Å². The number of pyridine rings is 1. The van der Waals surface area contributed by atoms with Crippen LogP contribution in [0.25, 0.3) is 0 Å². The molecule has 5 nitrogen and oxygen atoms in total. The minimum atomic E-state index is -0.919. The van der Waals surface area contributed by atoms with Crippen LogP contribution in [0, 0.1) is 0 Å². The maximum atomic E-state index is 11.2. The highest BCUT2D eigenvalue weighted by molar-refractivity contribution is 5.88. The molecular formula is C14H21N3O2. The van der Waals surface area contributed by atoms with Crippen LogP contribution in [0.1, 0.15) is 43.2 Å². The van der Waals surface area contributed by atoms with E-state index in [1.807, 2.05) is 20.8 Å². The number of rotatable bonds is 2. The summed E-state index contributed by atoms with van der Waals surface area (Å²) >= 11 is 0. The highest BCUT2D eigenvalue weighted by Crippen LogP contribution is 2.26. The molecule has 0 radical (unpaired) electrons. The molecule has 1 aliphatic rings. The molecule has 1 atom stereocenters. The van der Waals surface area contributed by atoms with Crippen LogP contribution in [0.2, 0.25) is 0 Å². The van der Waals surface area contributed by atoms with E-state index in [0.29, 0.717) is 0 Å². The van der Waals surface area contributed by atoms with E-state index in [2.05, 4.69) is 9.88 Å². The third-order valence-corrected chi connectivity index (χ3v) is 3.38. The lowest BCUT2D eigenvalue weighted by molar-refractivity contribution is 0.0696. The molecule has 1 fully saturated rings. The monoisotopic (exact) mass is 263 g/mol.